The number of benzene rings is 2. The van der Waals surface area contributed by atoms with Crippen LogP contribution in [0.3, 0.4) is 0 Å². The van der Waals surface area contributed by atoms with Crippen LogP contribution in [-0.4, -0.2) is 54.8 Å². The number of hydrogen-bond donors (Lipinski definition) is 1. The number of ether oxygens (including phenoxy) is 1. The van der Waals surface area contributed by atoms with Crippen molar-refractivity contribution >= 4 is 17.3 Å². The molecule has 2 atom stereocenters. The molecule has 2 fully saturated rings. The van der Waals surface area contributed by atoms with E-state index in [2.05, 4.69) is 4.74 Å². The molecule has 168 valence electrons. The predicted octanol–water partition coefficient (Wildman–Crippen LogP) is 5.35. The van der Waals surface area contributed by atoms with Gasteiger partial charge in [0.15, 0.2) is 0 Å². The van der Waals surface area contributed by atoms with Crippen LogP contribution in [0.1, 0.15) is 24.3 Å². The molecule has 2 aliphatic heterocycles. The largest absolute Gasteiger partial charge is 0.508 e. The topological polar surface area (TPSA) is 35.9 Å². The van der Waals surface area contributed by atoms with Crippen molar-refractivity contribution in [3.8, 4) is 11.5 Å². The average Bonchev–Trinajstić information content (AvgIpc) is 3.20. The zero-order chi connectivity index (χ0) is 22.2. The number of phenolic OH excluding ortho intramolecular Hbond substituents is 1. The highest BCUT2D eigenvalue weighted by Gasteiger charge is 2.47. The molecule has 9 heteroatoms. The fraction of sp³-hybridized carbons (Fsp3) is 0.455. The molecule has 0 amide bonds. The fourth-order valence-corrected chi connectivity index (χ4v) is 4.77. The van der Waals surface area contributed by atoms with Crippen LogP contribution in [0.25, 0.3) is 0 Å². The first-order valence-corrected chi connectivity index (χ1v) is 10.5. The van der Waals surface area contributed by atoms with E-state index in [4.69, 9.17) is 11.6 Å². The van der Waals surface area contributed by atoms with Crippen LogP contribution in [0.4, 0.5) is 23.2 Å². The molecule has 2 unspecified atom stereocenters. The molecule has 2 aromatic rings. The Morgan fingerprint density at radius 2 is 1.81 bits per heavy atom. The van der Waals surface area contributed by atoms with Crippen LogP contribution < -0.4 is 9.64 Å². The summed E-state index contributed by atoms with van der Waals surface area (Å²) in [5.74, 6) is -3.78. The second-order valence-electron chi connectivity index (χ2n) is 8.05. The van der Waals surface area contributed by atoms with Crippen LogP contribution in [0.2, 0.25) is 5.02 Å². The minimum absolute atomic E-state index is 0.0255. The highest BCUT2D eigenvalue weighted by molar-refractivity contribution is 6.32. The third-order valence-electron chi connectivity index (χ3n) is 6.10. The first kappa shape index (κ1) is 22.0. The van der Waals surface area contributed by atoms with Gasteiger partial charge >= 0.3 is 6.61 Å². The molecule has 4 rings (SSSR count). The van der Waals surface area contributed by atoms with Crippen molar-refractivity contribution in [2.75, 3.05) is 31.1 Å². The fourth-order valence-electron chi connectivity index (χ4n) is 4.55. The molecular formula is C22H23ClF4N2O2. The normalized spacial score (nSPS) is 24.0. The summed E-state index contributed by atoms with van der Waals surface area (Å²) in [6.45, 7) is -1.49. The Kier molecular flexibility index (Phi) is 6.21. The van der Waals surface area contributed by atoms with Gasteiger partial charge in [0.1, 0.15) is 11.5 Å². The van der Waals surface area contributed by atoms with Crippen molar-refractivity contribution in [2.24, 2.45) is 0 Å². The van der Waals surface area contributed by atoms with Gasteiger partial charge in [-0.3, -0.25) is 4.90 Å². The van der Waals surface area contributed by atoms with Crippen molar-refractivity contribution in [2.45, 2.75) is 37.3 Å². The number of halogens is 5. The highest BCUT2D eigenvalue weighted by atomic mass is 35.5. The molecule has 2 heterocycles. The number of phenols is 1. The summed E-state index contributed by atoms with van der Waals surface area (Å²) in [6.07, 6.45) is 1.06. The van der Waals surface area contributed by atoms with E-state index in [0.29, 0.717) is 31.6 Å². The van der Waals surface area contributed by atoms with Gasteiger partial charge in [-0.1, -0.05) is 23.7 Å². The molecule has 31 heavy (non-hydrogen) atoms. The molecule has 0 saturated carbocycles. The Hall–Kier alpha value is -2.19. The van der Waals surface area contributed by atoms with Crippen molar-refractivity contribution in [1.82, 2.24) is 4.90 Å². The van der Waals surface area contributed by atoms with E-state index in [1.165, 1.54) is 18.2 Å². The van der Waals surface area contributed by atoms with Gasteiger partial charge in [0.25, 0.3) is 5.92 Å². The second kappa shape index (κ2) is 8.74. The van der Waals surface area contributed by atoms with Gasteiger partial charge in [0.05, 0.1) is 17.5 Å². The summed E-state index contributed by atoms with van der Waals surface area (Å²) in [5.41, 5.74) is 1.29. The molecule has 0 aromatic heterocycles. The number of rotatable bonds is 5. The third kappa shape index (κ3) is 4.85. The van der Waals surface area contributed by atoms with Crippen LogP contribution in [0.5, 0.6) is 11.5 Å². The molecule has 2 aliphatic rings. The number of alkyl halides is 4. The Labute approximate surface area is 183 Å². The van der Waals surface area contributed by atoms with Gasteiger partial charge in [-0.05, 0) is 55.3 Å². The molecule has 2 aromatic carbocycles. The zero-order valence-corrected chi connectivity index (χ0v) is 17.4. The van der Waals surface area contributed by atoms with E-state index in [0.717, 1.165) is 12.1 Å². The summed E-state index contributed by atoms with van der Waals surface area (Å²) in [6, 6.07) is 10.6. The average molecular weight is 459 g/mol. The van der Waals surface area contributed by atoms with Crippen LogP contribution in [-0.2, 0) is 0 Å². The number of hydrogen-bond acceptors (Lipinski definition) is 4. The van der Waals surface area contributed by atoms with Crippen LogP contribution in [0, 0.1) is 0 Å². The van der Waals surface area contributed by atoms with E-state index < -0.39 is 18.5 Å². The van der Waals surface area contributed by atoms with E-state index in [-0.39, 0.29) is 29.1 Å². The second-order valence-corrected chi connectivity index (χ2v) is 8.45. The van der Waals surface area contributed by atoms with Gasteiger partial charge in [-0.25, -0.2) is 8.78 Å². The SMILES string of the molecule is Oc1ccc(C2CCN(C3CCN(c4ccc(OC(F)F)c(Cl)c4)C3)CC2(F)F)cc1. The van der Waals surface area contributed by atoms with Crippen LogP contribution in [0.15, 0.2) is 42.5 Å². The lowest BCUT2D eigenvalue weighted by molar-refractivity contribution is -0.0909. The lowest BCUT2D eigenvalue weighted by Crippen LogP contribution is -2.52. The van der Waals surface area contributed by atoms with Crippen molar-refractivity contribution in [3.63, 3.8) is 0 Å². The molecule has 2 saturated heterocycles. The molecule has 0 aliphatic carbocycles. The van der Waals surface area contributed by atoms with E-state index in [1.807, 2.05) is 9.80 Å². The van der Waals surface area contributed by atoms with Crippen molar-refractivity contribution in [1.29, 1.82) is 0 Å². The quantitative estimate of drug-likeness (QED) is 0.613. The minimum Gasteiger partial charge on any atom is -0.508 e. The van der Waals surface area contributed by atoms with Gasteiger partial charge in [0.2, 0.25) is 0 Å². The lowest BCUT2D eigenvalue weighted by Gasteiger charge is -2.41. The van der Waals surface area contributed by atoms with Crippen molar-refractivity contribution < 1.29 is 27.4 Å². The lowest BCUT2D eigenvalue weighted by atomic mass is 9.85. The molecular weight excluding hydrogens is 436 g/mol. The van der Waals surface area contributed by atoms with E-state index in [1.54, 1.807) is 24.3 Å². The van der Waals surface area contributed by atoms with Gasteiger partial charge in [0, 0.05) is 24.8 Å². The van der Waals surface area contributed by atoms with Gasteiger partial charge in [-0.15, -0.1) is 0 Å². The number of piperidine rings is 1. The third-order valence-corrected chi connectivity index (χ3v) is 6.40. The summed E-state index contributed by atoms with van der Waals surface area (Å²) < 4.78 is 59.1. The Morgan fingerprint density at radius 1 is 1.06 bits per heavy atom. The molecule has 0 bridgehead atoms. The Balaban J connectivity index is 1.40. The number of nitrogens with zero attached hydrogens (tertiary/aromatic N) is 2. The summed E-state index contributed by atoms with van der Waals surface area (Å²) in [5, 5.41) is 9.50. The Bertz CT molecular complexity index is 913. The maximum atomic E-state index is 15.0. The molecule has 0 spiro atoms. The zero-order valence-electron chi connectivity index (χ0n) is 16.7. The first-order valence-electron chi connectivity index (χ1n) is 10.1. The highest BCUT2D eigenvalue weighted by Crippen LogP contribution is 2.42. The predicted molar refractivity (Wildman–Crippen MR) is 111 cm³/mol. The summed E-state index contributed by atoms with van der Waals surface area (Å²) in [7, 11) is 0. The smallest absolute Gasteiger partial charge is 0.387 e. The number of likely N-dealkylation sites (tertiary alicyclic amines) is 1. The maximum Gasteiger partial charge on any atom is 0.387 e. The van der Waals surface area contributed by atoms with E-state index >= 15 is 0 Å². The molecule has 4 nitrogen and oxygen atoms in total. The molecule has 0 radical (unpaired) electrons. The minimum atomic E-state index is -2.95. The Morgan fingerprint density at radius 3 is 2.45 bits per heavy atom. The van der Waals surface area contributed by atoms with Crippen LogP contribution >= 0.6 is 11.6 Å². The first-order chi connectivity index (χ1) is 14.7. The molecule has 1 N–H and O–H groups in total. The van der Waals surface area contributed by atoms with Crippen molar-refractivity contribution in [3.05, 3.63) is 53.1 Å². The number of anilines is 1. The standard InChI is InChI=1S/C22H23ClF4N2O2/c23-19-11-15(3-6-20(19)31-21(24)25)28-9-7-16(12-28)29-10-8-18(22(26,27)13-29)14-1-4-17(30)5-2-14/h1-6,11,16,18,21,30H,7-10,12-13H2. The maximum absolute atomic E-state index is 15.0. The summed E-state index contributed by atoms with van der Waals surface area (Å²) >= 11 is 6.05. The summed E-state index contributed by atoms with van der Waals surface area (Å²) in [4.78, 5) is 3.86. The monoisotopic (exact) mass is 458 g/mol. The van der Waals surface area contributed by atoms with Gasteiger partial charge < -0.3 is 14.7 Å². The van der Waals surface area contributed by atoms with Gasteiger partial charge in [-0.2, -0.15) is 8.78 Å². The van der Waals surface area contributed by atoms with E-state index in [9.17, 15) is 22.7 Å². The number of aromatic hydroxyl groups is 1.